The van der Waals surface area contributed by atoms with Gasteiger partial charge in [0.05, 0.1) is 0 Å². The number of carbonyl (C=O) groups is 3. The topological polar surface area (TPSA) is 136 Å². The number of rotatable bonds is 6. The standard InChI is InChI=1S/C9H14N2O6/c1-4(2)3-5(11-17)7(12)10-6(8(13)14)9(15)16/h4,6,17H,3H2,1-2H3,(H,10,12)(H,13,14)(H,15,16). The predicted molar refractivity (Wildman–Crippen MR) is 55.9 cm³/mol. The highest BCUT2D eigenvalue weighted by Crippen LogP contribution is 2.02. The van der Waals surface area contributed by atoms with Crippen LogP contribution in [0.4, 0.5) is 0 Å². The molecule has 0 aliphatic heterocycles. The first-order chi connectivity index (χ1) is 7.79. The van der Waals surface area contributed by atoms with Crippen molar-refractivity contribution in [3.05, 3.63) is 0 Å². The zero-order chi connectivity index (χ0) is 13.6. The molecule has 8 nitrogen and oxygen atoms in total. The van der Waals surface area contributed by atoms with Gasteiger partial charge in [0.25, 0.3) is 5.91 Å². The average molecular weight is 246 g/mol. The highest BCUT2D eigenvalue weighted by atomic mass is 16.4. The highest BCUT2D eigenvalue weighted by molar-refractivity contribution is 6.39. The quantitative estimate of drug-likeness (QED) is 0.216. The largest absolute Gasteiger partial charge is 0.479 e. The van der Waals surface area contributed by atoms with E-state index >= 15 is 0 Å². The van der Waals surface area contributed by atoms with Crippen LogP contribution in [0.15, 0.2) is 5.16 Å². The molecule has 0 unspecified atom stereocenters. The Morgan fingerprint density at radius 2 is 1.65 bits per heavy atom. The molecule has 0 aliphatic rings. The zero-order valence-electron chi connectivity index (χ0n) is 9.38. The predicted octanol–water partition coefficient (Wildman–Crippen LogP) is -0.483. The third-order valence-corrected chi connectivity index (χ3v) is 1.75. The number of nitrogens with zero attached hydrogens (tertiary/aromatic N) is 1. The van der Waals surface area contributed by atoms with Gasteiger partial charge < -0.3 is 20.7 Å². The maximum absolute atomic E-state index is 11.4. The van der Waals surface area contributed by atoms with Gasteiger partial charge in [-0.2, -0.15) is 0 Å². The van der Waals surface area contributed by atoms with Crippen molar-refractivity contribution in [1.82, 2.24) is 5.32 Å². The van der Waals surface area contributed by atoms with Crippen LogP contribution >= 0.6 is 0 Å². The van der Waals surface area contributed by atoms with E-state index in [4.69, 9.17) is 15.4 Å². The van der Waals surface area contributed by atoms with E-state index in [9.17, 15) is 14.4 Å². The van der Waals surface area contributed by atoms with Crippen molar-refractivity contribution in [2.24, 2.45) is 11.1 Å². The summed E-state index contributed by atoms with van der Waals surface area (Å²) in [5, 5.41) is 30.1. The first kappa shape index (κ1) is 14.9. The van der Waals surface area contributed by atoms with E-state index in [0.717, 1.165) is 0 Å². The minimum absolute atomic E-state index is 0.000226. The molecule has 0 spiro atoms. The second kappa shape index (κ2) is 6.46. The molecule has 0 aromatic rings. The normalized spacial score (nSPS) is 11.6. The van der Waals surface area contributed by atoms with Crippen molar-refractivity contribution in [2.75, 3.05) is 0 Å². The molecule has 0 heterocycles. The molecule has 0 atom stereocenters. The van der Waals surface area contributed by atoms with Gasteiger partial charge in [-0.1, -0.05) is 19.0 Å². The first-order valence-electron chi connectivity index (χ1n) is 4.77. The van der Waals surface area contributed by atoms with Gasteiger partial charge in [-0.25, -0.2) is 9.59 Å². The van der Waals surface area contributed by atoms with Crippen molar-refractivity contribution >= 4 is 23.6 Å². The Morgan fingerprint density at radius 3 is 1.94 bits per heavy atom. The Hall–Kier alpha value is -2.12. The number of carboxylic acid groups (broad SMARTS) is 2. The molecule has 0 radical (unpaired) electrons. The molecule has 8 heteroatoms. The van der Waals surface area contributed by atoms with Crippen LogP contribution in [-0.4, -0.2) is 45.0 Å². The smallest absolute Gasteiger partial charge is 0.338 e. The molecule has 0 aromatic carbocycles. The molecule has 0 bridgehead atoms. The number of carbonyl (C=O) groups excluding carboxylic acids is 1. The number of carboxylic acids is 2. The SMILES string of the molecule is CC(C)CC(=NO)C(=O)NC(C(=O)O)C(=O)O. The van der Waals surface area contributed by atoms with Crippen LogP contribution in [0.2, 0.25) is 0 Å². The lowest BCUT2D eigenvalue weighted by Crippen LogP contribution is -2.48. The summed E-state index contributed by atoms with van der Waals surface area (Å²) in [6.45, 7) is 3.51. The van der Waals surface area contributed by atoms with Gasteiger partial charge in [0.15, 0.2) is 0 Å². The maximum atomic E-state index is 11.4. The fraction of sp³-hybridized carbons (Fsp3) is 0.556. The second-order valence-electron chi connectivity index (χ2n) is 3.73. The molecule has 1 amide bonds. The van der Waals surface area contributed by atoms with Gasteiger partial charge >= 0.3 is 11.9 Å². The number of hydrogen-bond donors (Lipinski definition) is 4. The molecule has 0 rings (SSSR count). The van der Waals surface area contributed by atoms with E-state index < -0.39 is 23.9 Å². The Balaban J connectivity index is 4.71. The first-order valence-corrected chi connectivity index (χ1v) is 4.77. The number of nitrogens with one attached hydrogen (secondary N) is 1. The third kappa shape index (κ3) is 4.96. The number of oxime groups is 1. The summed E-state index contributed by atoms with van der Waals surface area (Å²) >= 11 is 0. The molecular weight excluding hydrogens is 232 g/mol. The van der Waals surface area contributed by atoms with Crippen LogP contribution in [0.5, 0.6) is 0 Å². The lowest BCUT2D eigenvalue weighted by atomic mass is 10.1. The van der Waals surface area contributed by atoms with E-state index in [-0.39, 0.29) is 18.1 Å². The maximum Gasteiger partial charge on any atom is 0.338 e. The number of aliphatic carboxylic acids is 2. The molecule has 0 fully saturated rings. The summed E-state index contributed by atoms with van der Waals surface area (Å²) in [5.41, 5.74) is -0.312. The van der Waals surface area contributed by atoms with Crippen molar-refractivity contribution in [1.29, 1.82) is 0 Å². The third-order valence-electron chi connectivity index (χ3n) is 1.75. The van der Waals surface area contributed by atoms with Gasteiger partial charge in [0.2, 0.25) is 6.04 Å². The average Bonchev–Trinajstić information content (AvgIpc) is 2.20. The highest BCUT2D eigenvalue weighted by Gasteiger charge is 2.29. The number of amides is 1. The van der Waals surface area contributed by atoms with Crippen molar-refractivity contribution < 1.29 is 29.8 Å². The van der Waals surface area contributed by atoms with E-state index in [1.54, 1.807) is 19.2 Å². The lowest BCUT2D eigenvalue weighted by Gasteiger charge is -2.11. The van der Waals surface area contributed by atoms with Crippen LogP contribution in [0.25, 0.3) is 0 Å². The summed E-state index contributed by atoms with van der Waals surface area (Å²) in [6.07, 6.45) is 0.105. The minimum atomic E-state index is -2.06. The summed E-state index contributed by atoms with van der Waals surface area (Å²) in [6, 6.07) is -2.06. The molecule has 96 valence electrons. The van der Waals surface area contributed by atoms with Crippen LogP contribution in [0.3, 0.4) is 0 Å². The van der Waals surface area contributed by atoms with Crippen molar-refractivity contribution in [2.45, 2.75) is 26.3 Å². The van der Waals surface area contributed by atoms with Gasteiger partial charge in [0, 0.05) is 6.42 Å². The summed E-state index contributed by atoms with van der Waals surface area (Å²) in [5.74, 6) is -4.42. The molecule has 0 saturated heterocycles. The Morgan fingerprint density at radius 1 is 1.18 bits per heavy atom. The van der Waals surface area contributed by atoms with Crippen LogP contribution < -0.4 is 5.32 Å². The van der Waals surface area contributed by atoms with E-state index in [2.05, 4.69) is 5.16 Å². The monoisotopic (exact) mass is 246 g/mol. The molecule has 4 N–H and O–H groups in total. The summed E-state index contributed by atoms with van der Waals surface area (Å²) < 4.78 is 0. The number of hydrogen-bond acceptors (Lipinski definition) is 5. The molecule has 0 aromatic heterocycles. The second-order valence-corrected chi connectivity index (χ2v) is 3.73. The Kier molecular flexibility index (Phi) is 5.65. The van der Waals surface area contributed by atoms with E-state index in [1.807, 2.05) is 0 Å². The fourth-order valence-corrected chi connectivity index (χ4v) is 1.01. The zero-order valence-corrected chi connectivity index (χ0v) is 9.38. The minimum Gasteiger partial charge on any atom is -0.479 e. The van der Waals surface area contributed by atoms with Gasteiger partial charge in [-0.3, -0.25) is 4.79 Å². The molecular formula is C9H14N2O6. The van der Waals surface area contributed by atoms with E-state index in [0.29, 0.717) is 0 Å². The van der Waals surface area contributed by atoms with Gasteiger partial charge in [-0.05, 0) is 5.92 Å². The Labute approximate surface area is 96.9 Å². The molecule has 0 aliphatic carbocycles. The summed E-state index contributed by atoms with van der Waals surface area (Å²) in [7, 11) is 0. The summed E-state index contributed by atoms with van der Waals surface area (Å²) in [4.78, 5) is 32.4. The van der Waals surface area contributed by atoms with Crippen molar-refractivity contribution in [3.8, 4) is 0 Å². The van der Waals surface area contributed by atoms with Crippen LogP contribution in [0, 0.1) is 5.92 Å². The van der Waals surface area contributed by atoms with Gasteiger partial charge in [0.1, 0.15) is 5.71 Å². The molecule has 17 heavy (non-hydrogen) atoms. The molecule has 0 saturated carbocycles. The van der Waals surface area contributed by atoms with Gasteiger partial charge in [-0.15, -0.1) is 0 Å². The van der Waals surface area contributed by atoms with E-state index in [1.165, 1.54) is 0 Å². The van der Waals surface area contributed by atoms with Crippen LogP contribution in [0.1, 0.15) is 20.3 Å². The van der Waals surface area contributed by atoms with Crippen molar-refractivity contribution in [3.63, 3.8) is 0 Å². The fourth-order valence-electron chi connectivity index (χ4n) is 1.01. The Bertz CT molecular complexity index is 335. The van der Waals surface area contributed by atoms with Crippen LogP contribution in [-0.2, 0) is 14.4 Å². The lowest BCUT2D eigenvalue weighted by molar-refractivity contribution is -0.152.